The summed E-state index contributed by atoms with van der Waals surface area (Å²) in [5.74, 6) is -2.25. The van der Waals surface area contributed by atoms with E-state index in [1.165, 1.54) is 0 Å². The van der Waals surface area contributed by atoms with Gasteiger partial charge in [-0.15, -0.1) is 11.8 Å². The highest BCUT2D eigenvalue weighted by molar-refractivity contribution is 8.02. The number of carbonyl (C=O) groups excluding carboxylic acids is 3. The summed E-state index contributed by atoms with van der Waals surface area (Å²) >= 11 is 1.55. The van der Waals surface area contributed by atoms with Crippen LogP contribution in [0.3, 0.4) is 0 Å². The van der Waals surface area contributed by atoms with Crippen molar-refractivity contribution in [2.75, 3.05) is 59.2 Å². The first-order chi connectivity index (χ1) is 18.2. The lowest BCUT2D eigenvalue weighted by Gasteiger charge is -2.41. The van der Waals surface area contributed by atoms with Gasteiger partial charge >= 0.3 is 5.97 Å². The Morgan fingerprint density at radius 1 is 1.05 bits per heavy atom. The molecule has 9 nitrogen and oxygen atoms in total. The van der Waals surface area contributed by atoms with Crippen molar-refractivity contribution >= 4 is 29.5 Å². The Morgan fingerprint density at radius 3 is 2.53 bits per heavy atom. The molecule has 0 aliphatic carbocycles. The van der Waals surface area contributed by atoms with Crippen LogP contribution in [0.25, 0.3) is 0 Å². The van der Waals surface area contributed by atoms with Gasteiger partial charge in [-0.3, -0.25) is 19.3 Å². The molecule has 0 bridgehead atoms. The van der Waals surface area contributed by atoms with Crippen molar-refractivity contribution in [3.05, 3.63) is 24.3 Å². The van der Waals surface area contributed by atoms with Crippen LogP contribution >= 0.6 is 11.8 Å². The van der Waals surface area contributed by atoms with Crippen LogP contribution in [-0.2, 0) is 23.9 Å². The Hall–Kier alpha value is -1.88. The lowest BCUT2D eigenvalue weighted by atomic mass is 9.74. The molecule has 1 N–H and O–H groups in total. The van der Waals surface area contributed by atoms with E-state index in [-0.39, 0.29) is 30.3 Å². The largest absolute Gasteiger partial charge is 0.465 e. The van der Waals surface area contributed by atoms with Crippen LogP contribution in [0.1, 0.15) is 33.6 Å². The van der Waals surface area contributed by atoms with E-state index >= 15 is 0 Å². The van der Waals surface area contributed by atoms with Gasteiger partial charge in [0, 0.05) is 37.5 Å². The van der Waals surface area contributed by atoms with E-state index in [4.69, 9.17) is 9.47 Å². The average molecular weight is 548 g/mol. The van der Waals surface area contributed by atoms with E-state index in [1.807, 2.05) is 37.8 Å². The van der Waals surface area contributed by atoms with Crippen LogP contribution in [0.5, 0.6) is 0 Å². The number of aliphatic hydroxyl groups is 1. The van der Waals surface area contributed by atoms with E-state index in [0.29, 0.717) is 32.9 Å². The number of fused-ring (bicyclic) bond motifs is 2. The molecule has 38 heavy (non-hydrogen) atoms. The van der Waals surface area contributed by atoms with Crippen LogP contribution in [0.15, 0.2) is 24.3 Å². The zero-order chi connectivity index (χ0) is 27.1. The molecule has 0 aromatic rings. The SMILES string of the molecule is CC(C)[C@H](CO)N1C(=O)[C@@H]2[C@@H]3C(=O)OCCC/C=C\[C@]3(C)S[C@@]23C=CCN(CCN2CCOCC2)C(=O)C13. The van der Waals surface area contributed by atoms with E-state index in [9.17, 15) is 19.5 Å². The molecule has 5 aliphatic heterocycles. The predicted octanol–water partition coefficient (Wildman–Crippen LogP) is 1.31. The maximum absolute atomic E-state index is 14.4. The van der Waals surface area contributed by atoms with Crippen molar-refractivity contribution in [1.82, 2.24) is 14.7 Å². The number of thioether (sulfide) groups is 1. The molecule has 5 rings (SSSR count). The summed E-state index contributed by atoms with van der Waals surface area (Å²) in [7, 11) is 0. The third kappa shape index (κ3) is 4.61. The minimum atomic E-state index is -0.924. The monoisotopic (exact) mass is 547 g/mol. The number of ether oxygens (including phenoxy) is 2. The van der Waals surface area contributed by atoms with Crippen LogP contribution < -0.4 is 0 Å². The molecule has 210 valence electrons. The van der Waals surface area contributed by atoms with Gasteiger partial charge in [-0.25, -0.2) is 0 Å². The Bertz CT molecular complexity index is 997. The molecule has 3 saturated heterocycles. The van der Waals surface area contributed by atoms with Crippen molar-refractivity contribution in [1.29, 1.82) is 0 Å². The summed E-state index contributed by atoms with van der Waals surface area (Å²) in [6.45, 7) is 10.8. The topological polar surface area (TPSA) is 99.6 Å². The Balaban J connectivity index is 1.55. The second-order valence-electron chi connectivity index (χ2n) is 11.6. The van der Waals surface area contributed by atoms with Crippen molar-refractivity contribution < 1.29 is 29.0 Å². The fourth-order valence-corrected chi connectivity index (χ4v) is 9.03. The lowest BCUT2D eigenvalue weighted by Crippen LogP contribution is -2.58. The minimum Gasteiger partial charge on any atom is -0.465 e. The number of nitrogens with zero attached hydrogens (tertiary/aromatic N) is 3. The molecule has 6 atom stereocenters. The second kappa shape index (κ2) is 10.9. The lowest BCUT2D eigenvalue weighted by molar-refractivity contribution is -0.155. The van der Waals surface area contributed by atoms with Crippen LogP contribution in [0.4, 0.5) is 0 Å². The average Bonchev–Trinajstić information content (AvgIpc) is 3.24. The molecule has 0 aromatic carbocycles. The summed E-state index contributed by atoms with van der Waals surface area (Å²) in [5, 5.41) is 10.4. The third-order valence-electron chi connectivity index (χ3n) is 8.88. The summed E-state index contributed by atoms with van der Waals surface area (Å²) in [4.78, 5) is 48.1. The second-order valence-corrected chi connectivity index (χ2v) is 13.4. The summed E-state index contributed by atoms with van der Waals surface area (Å²) < 4.78 is 9.53. The van der Waals surface area contributed by atoms with Crippen LogP contribution in [-0.4, -0.2) is 118 Å². The quantitative estimate of drug-likeness (QED) is 0.393. The van der Waals surface area contributed by atoms with Gasteiger partial charge < -0.3 is 24.4 Å². The van der Waals surface area contributed by atoms with E-state index in [2.05, 4.69) is 17.1 Å². The molecular weight excluding hydrogens is 506 g/mol. The number of hydrogen-bond donors (Lipinski definition) is 1. The van der Waals surface area contributed by atoms with E-state index in [1.54, 1.807) is 16.7 Å². The van der Waals surface area contributed by atoms with Gasteiger partial charge in [0.25, 0.3) is 0 Å². The molecule has 1 spiro atoms. The highest BCUT2D eigenvalue weighted by atomic mass is 32.2. The third-order valence-corrected chi connectivity index (χ3v) is 10.7. The summed E-state index contributed by atoms with van der Waals surface area (Å²) in [6, 6.07) is -1.33. The Morgan fingerprint density at radius 2 is 1.82 bits per heavy atom. The molecule has 0 saturated carbocycles. The smallest absolute Gasteiger partial charge is 0.311 e. The van der Waals surface area contributed by atoms with Crippen molar-refractivity contribution in [2.24, 2.45) is 17.8 Å². The Labute approximate surface area is 229 Å². The number of allylic oxidation sites excluding steroid dienone is 1. The number of likely N-dealkylation sites (tertiary alicyclic amines) is 1. The highest BCUT2D eigenvalue weighted by Gasteiger charge is 2.74. The van der Waals surface area contributed by atoms with Gasteiger partial charge in [0.05, 0.1) is 49.1 Å². The number of cyclic esters (lactones) is 1. The van der Waals surface area contributed by atoms with Gasteiger partial charge in [0.15, 0.2) is 0 Å². The van der Waals surface area contributed by atoms with Crippen molar-refractivity contribution in [2.45, 2.75) is 55.2 Å². The van der Waals surface area contributed by atoms with Gasteiger partial charge in [-0.2, -0.15) is 0 Å². The fourth-order valence-electron chi connectivity index (χ4n) is 6.89. The molecule has 0 aromatic heterocycles. The number of amides is 2. The first-order valence-corrected chi connectivity index (χ1v) is 14.8. The number of aliphatic hydroxyl groups excluding tert-OH is 1. The van der Waals surface area contributed by atoms with E-state index in [0.717, 1.165) is 32.5 Å². The molecule has 5 aliphatic rings. The number of morpholine rings is 1. The summed E-state index contributed by atoms with van der Waals surface area (Å²) in [5.41, 5.74) is 0. The minimum absolute atomic E-state index is 0.0644. The number of rotatable bonds is 6. The summed E-state index contributed by atoms with van der Waals surface area (Å²) in [6.07, 6.45) is 9.70. The molecular formula is C28H41N3O6S. The molecule has 2 amide bonds. The van der Waals surface area contributed by atoms with Gasteiger partial charge in [-0.1, -0.05) is 38.2 Å². The first-order valence-electron chi connectivity index (χ1n) is 14.0. The molecule has 0 radical (unpaired) electrons. The molecule has 3 fully saturated rings. The van der Waals surface area contributed by atoms with Gasteiger partial charge in [0.2, 0.25) is 11.8 Å². The van der Waals surface area contributed by atoms with Gasteiger partial charge in [-0.05, 0) is 25.7 Å². The standard InChI is InChI=1S/C28H41N3O6S/c1-19(2)20(18-32)31-23-25(34)30(12-11-29-13-16-36-17-14-29)10-7-9-28(23)21(24(31)33)22-26(35)37-15-6-4-5-8-27(22,3)38-28/h5,7-9,19-23,32H,4,6,10-18H2,1-3H3/b8-5-/t20-,21-,22+,23?,27-,28-/m0/s1. The maximum atomic E-state index is 14.4. The molecule has 1 unspecified atom stereocenters. The van der Waals surface area contributed by atoms with Gasteiger partial charge in [0.1, 0.15) is 6.04 Å². The van der Waals surface area contributed by atoms with Crippen LogP contribution in [0, 0.1) is 17.8 Å². The number of esters is 1. The molecule has 5 heterocycles. The Kier molecular flexibility index (Phi) is 7.97. The highest BCUT2D eigenvalue weighted by Crippen LogP contribution is 2.65. The molecule has 10 heteroatoms. The van der Waals surface area contributed by atoms with Crippen molar-refractivity contribution in [3.8, 4) is 0 Å². The predicted molar refractivity (Wildman–Crippen MR) is 144 cm³/mol. The normalized spacial score (nSPS) is 37.6. The zero-order valence-corrected chi connectivity index (χ0v) is 23.5. The van der Waals surface area contributed by atoms with Crippen molar-refractivity contribution in [3.63, 3.8) is 0 Å². The maximum Gasteiger partial charge on any atom is 0.311 e. The zero-order valence-electron chi connectivity index (χ0n) is 22.7. The first kappa shape index (κ1) is 27.7. The number of hydrogen-bond acceptors (Lipinski definition) is 8. The van der Waals surface area contributed by atoms with E-state index < -0.39 is 33.4 Å². The van der Waals surface area contributed by atoms with Crippen LogP contribution in [0.2, 0.25) is 0 Å². The fraction of sp³-hybridized carbons (Fsp3) is 0.750. The number of carbonyl (C=O) groups is 3.